The molecule has 2 unspecified atom stereocenters. The first kappa shape index (κ1) is 15.4. The number of carbonyl (C=O) groups is 1. The van der Waals surface area contributed by atoms with Crippen molar-refractivity contribution in [1.29, 1.82) is 0 Å². The van der Waals surface area contributed by atoms with Crippen molar-refractivity contribution >= 4 is 17.5 Å². The highest BCUT2D eigenvalue weighted by Gasteiger charge is 2.24. The Bertz CT molecular complexity index is 472. The maximum atomic E-state index is 12.3. The molecule has 0 aliphatic heterocycles. The molecular formula is C17H24ClNO. The van der Waals surface area contributed by atoms with Gasteiger partial charge in [0.25, 0.3) is 5.91 Å². The third-order valence-corrected chi connectivity index (χ3v) is 4.82. The third kappa shape index (κ3) is 3.76. The van der Waals surface area contributed by atoms with Gasteiger partial charge in [-0.15, -0.1) is 11.6 Å². The zero-order valence-corrected chi connectivity index (χ0v) is 13.2. The van der Waals surface area contributed by atoms with Crippen LogP contribution in [-0.4, -0.2) is 18.3 Å². The van der Waals surface area contributed by atoms with E-state index in [9.17, 15) is 4.79 Å². The highest BCUT2D eigenvalue weighted by Crippen LogP contribution is 2.30. The van der Waals surface area contributed by atoms with E-state index in [-0.39, 0.29) is 5.91 Å². The molecule has 2 atom stereocenters. The van der Waals surface area contributed by atoms with E-state index in [1.807, 2.05) is 32.0 Å². The van der Waals surface area contributed by atoms with Crippen molar-refractivity contribution in [3.8, 4) is 0 Å². The average molecular weight is 294 g/mol. The van der Waals surface area contributed by atoms with Crippen LogP contribution in [0.4, 0.5) is 0 Å². The second kappa shape index (κ2) is 7.12. The highest BCUT2D eigenvalue weighted by molar-refractivity contribution is 6.18. The molecule has 110 valence electrons. The summed E-state index contributed by atoms with van der Waals surface area (Å²) in [4.78, 5) is 12.3. The smallest absolute Gasteiger partial charge is 0.251 e. The van der Waals surface area contributed by atoms with E-state index in [2.05, 4.69) is 5.32 Å². The largest absolute Gasteiger partial charge is 0.352 e. The zero-order chi connectivity index (χ0) is 14.5. The van der Waals surface area contributed by atoms with Crippen molar-refractivity contribution in [1.82, 2.24) is 5.32 Å². The fraction of sp³-hybridized carbons (Fsp3) is 0.588. The second-order valence-electron chi connectivity index (χ2n) is 5.99. The molecule has 0 radical (unpaired) electrons. The predicted molar refractivity (Wildman–Crippen MR) is 84.4 cm³/mol. The second-order valence-corrected chi connectivity index (χ2v) is 6.30. The molecule has 3 heteroatoms. The van der Waals surface area contributed by atoms with Crippen molar-refractivity contribution in [2.75, 3.05) is 12.4 Å². The summed E-state index contributed by atoms with van der Waals surface area (Å²) in [5.74, 6) is 1.86. The Balaban J connectivity index is 1.96. The Labute approximate surface area is 126 Å². The number of rotatable bonds is 4. The molecule has 0 spiro atoms. The number of alkyl halides is 1. The van der Waals surface area contributed by atoms with Gasteiger partial charge in [0.15, 0.2) is 0 Å². The lowest BCUT2D eigenvalue weighted by Gasteiger charge is -2.30. The number of amides is 1. The molecule has 1 aromatic carbocycles. The maximum absolute atomic E-state index is 12.3. The third-order valence-electron chi connectivity index (χ3n) is 4.43. The van der Waals surface area contributed by atoms with E-state index < -0.39 is 0 Å². The van der Waals surface area contributed by atoms with Gasteiger partial charge in [-0.25, -0.2) is 0 Å². The minimum absolute atomic E-state index is 0.0464. The van der Waals surface area contributed by atoms with Crippen LogP contribution in [0.25, 0.3) is 0 Å². The molecule has 1 amide bonds. The van der Waals surface area contributed by atoms with Gasteiger partial charge in [0.05, 0.1) is 0 Å². The summed E-state index contributed by atoms with van der Waals surface area (Å²) < 4.78 is 0. The Morgan fingerprint density at radius 1 is 1.25 bits per heavy atom. The molecule has 0 saturated heterocycles. The first-order valence-electron chi connectivity index (χ1n) is 7.53. The Kier molecular flexibility index (Phi) is 5.47. The Morgan fingerprint density at radius 3 is 2.65 bits per heavy atom. The van der Waals surface area contributed by atoms with Crippen molar-refractivity contribution < 1.29 is 4.79 Å². The van der Waals surface area contributed by atoms with Crippen molar-refractivity contribution in [2.45, 2.75) is 39.5 Å². The van der Waals surface area contributed by atoms with Crippen molar-refractivity contribution in [3.63, 3.8) is 0 Å². The molecule has 0 aromatic heterocycles. The molecule has 2 rings (SSSR count). The molecule has 1 N–H and O–H groups in total. The summed E-state index contributed by atoms with van der Waals surface area (Å²) >= 11 is 6.04. The normalized spacial score (nSPS) is 22.6. The molecule has 1 saturated carbocycles. The first-order chi connectivity index (χ1) is 9.61. The van der Waals surface area contributed by atoms with Gasteiger partial charge in [0.1, 0.15) is 0 Å². The van der Waals surface area contributed by atoms with E-state index in [4.69, 9.17) is 11.6 Å². The lowest BCUT2D eigenvalue weighted by Crippen LogP contribution is -2.35. The van der Waals surface area contributed by atoms with Crippen LogP contribution in [0.1, 0.15) is 47.2 Å². The van der Waals surface area contributed by atoms with E-state index in [1.165, 1.54) is 25.7 Å². The topological polar surface area (TPSA) is 29.1 Å². The number of aryl methyl sites for hydroxylation is 2. The summed E-state index contributed by atoms with van der Waals surface area (Å²) in [5.41, 5.74) is 2.95. The summed E-state index contributed by atoms with van der Waals surface area (Å²) in [6.07, 6.45) is 4.92. The molecule has 1 aliphatic rings. The molecule has 0 bridgehead atoms. The first-order valence-corrected chi connectivity index (χ1v) is 8.06. The van der Waals surface area contributed by atoms with E-state index in [0.717, 1.165) is 23.2 Å². The van der Waals surface area contributed by atoms with Gasteiger partial charge >= 0.3 is 0 Å². The van der Waals surface area contributed by atoms with Crippen molar-refractivity contribution in [3.05, 3.63) is 34.9 Å². The fourth-order valence-corrected chi connectivity index (χ4v) is 3.46. The monoisotopic (exact) mass is 293 g/mol. The van der Waals surface area contributed by atoms with Gasteiger partial charge in [-0.2, -0.15) is 0 Å². The number of hydrogen-bond donors (Lipinski definition) is 1. The standard InChI is InChI=1S/C17H24ClNO/c1-12-7-8-13(2)16(9-12)17(20)19-11-15-6-4-3-5-14(15)10-18/h7-9,14-15H,3-6,10-11H2,1-2H3,(H,19,20). The Hall–Kier alpha value is -1.02. The highest BCUT2D eigenvalue weighted by atomic mass is 35.5. The molecule has 1 aliphatic carbocycles. The molecule has 1 aromatic rings. The number of nitrogens with one attached hydrogen (secondary N) is 1. The van der Waals surface area contributed by atoms with Crippen LogP contribution in [0.2, 0.25) is 0 Å². The summed E-state index contributed by atoms with van der Waals surface area (Å²) in [5, 5.41) is 3.10. The molecule has 0 heterocycles. The number of hydrogen-bond acceptors (Lipinski definition) is 1. The minimum Gasteiger partial charge on any atom is -0.352 e. The summed E-state index contributed by atoms with van der Waals surface area (Å²) in [6, 6.07) is 6.01. The molecule has 20 heavy (non-hydrogen) atoms. The zero-order valence-electron chi connectivity index (χ0n) is 12.4. The minimum atomic E-state index is 0.0464. The predicted octanol–water partition coefficient (Wildman–Crippen LogP) is 4.08. The van der Waals surface area contributed by atoms with Gasteiger partial charge in [0, 0.05) is 18.0 Å². The van der Waals surface area contributed by atoms with Gasteiger partial charge in [-0.05, 0) is 50.2 Å². The van der Waals surface area contributed by atoms with Gasteiger partial charge in [0.2, 0.25) is 0 Å². The van der Waals surface area contributed by atoms with Crippen LogP contribution < -0.4 is 5.32 Å². The average Bonchev–Trinajstić information content (AvgIpc) is 2.47. The molecular weight excluding hydrogens is 270 g/mol. The SMILES string of the molecule is Cc1ccc(C)c(C(=O)NCC2CCCCC2CCl)c1. The van der Waals surface area contributed by atoms with Crippen LogP contribution >= 0.6 is 11.6 Å². The van der Waals surface area contributed by atoms with Crippen LogP contribution in [0.15, 0.2) is 18.2 Å². The summed E-state index contributed by atoms with van der Waals surface area (Å²) in [6.45, 7) is 4.75. The van der Waals surface area contributed by atoms with Gasteiger partial charge in [-0.3, -0.25) is 4.79 Å². The molecule has 1 fully saturated rings. The van der Waals surface area contributed by atoms with Crippen LogP contribution in [0, 0.1) is 25.7 Å². The summed E-state index contributed by atoms with van der Waals surface area (Å²) in [7, 11) is 0. The quantitative estimate of drug-likeness (QED) is 0.833. The number of carbonyl (C=O) groups excluding carboxylic acids is 1. The van der Waals surface area contributed by atoms with Gasteiger partial charge < -0.3 is 5.32 Å². The van der Waals surface area contributed by atoms with E-state index >= 15 is 0 Å². The van der Waals surface area contributed by atoms with E-state index in [1.54, 1.807) is 0 Å². The fourth-order valence-electron chi connectivity index (χ4n) is 3.06. The van der Waals surface area contributed by atoms with Crippen molar-refractivity contribution in [2.24, 2.45) is 11.8 Å². The lowest BCUT2D eigenvalue weighted by atomic mass is 9.80. The lowest BCUT2D eigenvalue weighted by molar-refractivity contribution is 0.0936. The Morgan fingerprint density at radius 2 is 1.95 bits per heavy atom. The van der Waals surface area contributed by atoms with Crippen LogP contribution in [-0.2, 0) is 0 Å². The number of halogens is 1. The van der Waals surface area contributed by atoms with Gasteiger partial charge in [-0.1, -0.05) is 30.5 Å². The molecule has 2 nitrogen and oxygen atoms in total. The maximum Gasteiger partial charge on any atom is 0.251 e. The number of benzene rings is 1. The van der Waals surface area contributed by atoms with E-state index in [0.29, 0.717) is 17.7 Å². The van der Waals surface area contributed by atoms with Crippen LogP contribution in [0.5, 0.6) is 0 Å². The van der Waals surface area contributed by atoms with Crippen LogP contribution in [0.3, 0.4) is 0 Å².